The molecule has 0 radical (unpaired) electrons. The van der Waals surface area contributed by atoms with Crippen LogP contribution in [-0.2, 0) is 28.6 Å². The zero-order valence-electron chi connectivity index (χ0n) is 22.1. The Hall–Kier alpha value is -1.75. The van der Waals surface area contributed by atoms with E-state index in [0.29, 0.717) is 38.9 Å². The average molecular weight is 489 g/mol. The summed E-state index contributed by atoms with van der Waals surface area (Å²) in [5.41, 5.74) is 0. The Labute approximate surface area is 206 Å². The summed E-state index contributed by atoms with van der Waals surface area (Å²) in [6.45, 7) is 10.2. The maximum absolute atomic E-state index is 11.6. The number of nitrogens with one attached hydrogen (secondary N) is 1. The number of esters is 3. The number of nitrogens with zero attached hydrogens (tertiary/aromatic N) is 3. The summed E-state index contributed by atoms with van der Waals surface area (Å²) < 4.78 is 14.2. The van der Waals surface area contributed by atoms with E-state index >= 15 is 0 Å². The third-order valence-corrected chi connectivity index (χ3v) is 5.73. The van der Waals surface area contributed by atoms with E-state index in [1.54, 1.807) is 0 Å². The molecule has 0 atom stereocenters. The lowest BCUT2D eigenvalue weighted by Gasteiger charge is -2.29. The van der Waals surface area contributed by atoms with Gasteiger partial charge in [-0.15, -0.1) is 0 Å². The Bertz CT molecular complexity index is 530. The molecular formula is C24H48N4O6. The van der Waals surface area contributed by atoms with Crippen LogP contribution in [-0.4, -0.2) is 126 Å². The highest BCUT2D eigenvalue weighted by molar-refractivity contribution is 5.70. The second kappa shape index (κ2) is 21.8. The van der Waals surface area contributed by atoms with Crippen LogP contribution in [0.25, 0.3) is 0 Å². The van der Waals surface area contributed by atoms with Gasteiger partial charge in [0.05, 0.1) is 40.6 Å². The van der Waals surface area contributed by atoms with Crippen LogP contribution in [0.15, 0.2) is 0 Å². The lowest BCUT2D eigenvalue weighted by molar-refractivity contribution is -0.142. The van der Waals surface area contributed by atoms with Gasteiger partial charge < -0.3 is 34.2 Å². The summed E-state index contributed by atoms with van der Waals surface area (Å²) in [7, 11) is 6.29. The van der Waals surface area contributed by atoms with Crippen molar-refractivity contribution in [2.75, 3.05) is 93.8 Å². The fourth-order valence-corrected chi connectivity index (χ4v) is 3.35. The largest absolute Gasteiger partial charge is 0.469 e. The van der Waals surface area contributed by atoms with Gasteiger partial charge in [0, 0.05) is 58.9 Å². The third kappa shape index (κ3) is 18.7. The van der Waals surface area contributed by atoms with E-state index in [1.807, 2.05) is 0 Å². The van der Waals surface area contributed by atoms with E-state index in [-0.39, 0.29) is 17.9 Å². The number of hydrogen-bond acceptors (Lipinski definition) is 10. The Kier molecular flexibility index (Phi) is 20.6. The zero-order chi connectivity index (χ0) is 25.6. The first-order valence-corrected chi connectivity index (χ1v) is 12.4. The molecule has 10 heteroatoms. The Morgan fingerprint density at radius 1 is 0.618 bits per heavy atom. The SMILES string of the molecule is CCCCCN(CCN(C)CCNCCC(=O)OC)CCN(CCC(=O)OC)CCC(=O)OC. The topological polar surface area (TPSA) is 101 Å². The van der Waals surface area contributed by atoms with Crippen LogP contribution < -0.4 is 5.32 Å². The summed E-state index contributed by atoms with van der Waals surface area (Å²) in [5, 5.41) is 3.27. The Morgan fingerprint density at radius 3 is 1.65 bits per heavy atom. The minimum Gasteiger partial charge on any atom is -0.469 e. The van der Waals surface area contributed by atoms with E-state index in [0.717, 1.165) is 52.2 Å². The molecule has 0 aliphatic rings. The monoisotopic (exact) mass is 488 g/mol. The number of unbranched alkanes of at least 4 members (excludes halogenated alkanes) is 2. The van der Waals surface area contributed by atoms with Gasteiger partial charge in [-0.05, 0) is 20.0 Å². The second-order valence-corrected chi connectivity index (χ2v) is 8.42. The lowest BCUT2D eigenvalue weighted by atomic mass is 10.2. The number of rotatable bonds is 22. The molecule has 0 fully saturated rings. The highest BCUT2D eigenvalue weighted by Gasteiger charge is 2.14. The summed E-state index contributed by atoms with van der Waals surface area (Å²) in [6.07, 6.45) is 4.52. The smallest absolute Gasteiger partial charge is 0.306 e. The maximum atomic E-state index is 11.6. The zero-order valence-corrected chi connectivity index (χ0v) is 22.1. The van der Waals surface area contributed by atoms with Crippen molar-refractivity contribution in [1.82, 2.24) is 20.0 Å². The standard InChI is InChI=1S/C24H48N4O6/c1-6-7-8-14-27(19-18-26(2)17-13-25-12-9-22(29)32-3)20-21-28(15-10-23(30)33-4)16-11-24(31)34-5/h25H,6-21H2,1-5H3. The minimum absolute atomic E-state index is 0.198. The number of ether oxygens (including phenoxy) is 3. The first kappa shape index (κ1) is 32.2. The van der Waals surface area contributed by atoms with Crippen LogP contribution in [0.5, 0.6) is 0 Å². The average Bonchev–Trinajstić information content (AvgIpc) is 2.85. The van der Waals surface area contributed by atoms with Gasteiger partial charge in [0.25, 0.3) is 0 Å². The first-order chi connectivity index (χ1) is 16.4. The molecule has 34 heavy (non-hydrogen) atoms. The Morgan fingerprint density at radius 2 is 1.12 bits per heavy atom. The normalized spacial score (nSPS) is 11.3. The molecule has 0 bridgehead atoms. The fraction of sp³-hybridized carbons (Fsp3) is 0.875. The molecule has 0 aromatic heterocycles. The van der Waals surface area contributed by atoms with Crippen molar-refractivity contribution in [2.24, 2.45) is 0 Å². The molecule has 0 saturated heterocycles. The van der Waals surface area contributed by atoms with Gasteiger partial charge in [-0.25, -0.2) is 0 Å². The quantitative estimate of drug-likeness (QED) is 0.135. The number of hydrogen-bond donors (Lipinski definition) is 1. The van der Waals surface area contributed by atoms with E-state index in [4.69, 9.17) is 9.47 Å². The minimum atomic E-state index is -0.246. The van der Waals surface area contributed by atoms with Gasteiger partial charge in [0.1, 0.15) is 0 Å². The van der Waals surface area contributed by atoms with E-state index in [1.165, 1.54) is 34.2 Å². The summed E-state index contributed by atoms with van der Waals surface area (Å²) >= 11 is 0. The van der Waals surface area contributed by atoms with E-state index in [2.05, 4.69) is 38.7 Å². The number of methoxy groups -OCH3 is 3. The van der Waals surface area contributed by atoms with Gasteiger partial charge in [-0.3, -0.25) is 14.4 Å². The third-order valence-electron chi connectivity index (χ3n) is 5.73. The Balaban J connectivity index is 4.57. The highest BCUT2D eigenvalue weighted by atomic mass is 16.5. The van der Waals surface area contributed by atoms with E-state index in [9.17, 15) is 14.4 Å². The van der Waals surface area contributed by atoms with Crippen molar-refractivity contribution in [2.45, 2.75) is 45.4 Å². The van der Waals surface area contributed by atoms with Crippen molar-refractivity contribution >= 4 is 17.9 Å². The molecule has 0 aromatic carbocycles. The van der Waals surface area contributed by atoms with Gasteiger partial charge in [-0.1, -0.05) is 19.8 Å². The molecule has 1 N–H and O–H groups in total. The molecule has 0 unspecified atom stereocenters. The predicted molar refractivity (Wildman–Crippen MR) is 133 cm³/mol. The number of likely N-dealkylation sites (N-methyl/N-ethyl adjacent to an activating group) is 1. The maximum Gasteiger partial charge on any atom is 0.306 e. The van der Waals surface area contributed by atoms with Crippen molar-refractivity contribution in [1.29, 1.82) is 0 Å². The summed E-state index contributed by atoms with van der Waals surface area (Å²) in [5.74, 6) is -0.690. The molecule has 0 saturated carbocycles. The van der Waals surface area contributed by atoms with Gasteiger partial charge in [-0.2, -0.15) is 0 Å². The van der Waals surface area contributed by atoms with E-state index < -0.39 is 0 Å². The van der Waals surface area contributed by atoms with Crippen molar-refractivity contribution in [3.63, 3.8) is 0 Å². The van der Waals surface area contributed by atoms with Crippen molar-refractivity contribution in [3.05, 3.63) is 0 Å². The van der Waals surface area contributed by atoms with Crippen molar-refractivity contribution in [3.8, 4) is 0 Å². The van der Waals surface area contributed by atoms with Crippen LogP contribution in [0.2, 0.25) is 0 Å². The number of carbonyl (C=O) groups is 3. The first-order valence-electron chi connectivity index (χ1n) is 12.4. The molecule has 0 amide bonds. The molecule has 0 spiro atoms. The molecular weight excluding hydrogens is 440 g/mol. The molecule has 0 heterocycles. The molecule has 0 aromatic rings. The number of carbonyl (C=O) groups excluding carboxylic acids is 3. The van der Waals surface area contributed by atoms with Gasteiger partial charge >= 0.3 is 17.9 Å². The van der Waals surface area contributed by atoms with Crippen LogP contribution in [0, 0.1) is 0 Å². The summed E-state index contributed by atoms with van der Waals surface area (Å²) in [4.78, 5) is 41.2. The summed E-state index contributed by atoms with van der Waals surface area (Å²) in [6, 6.07) is 0. The van der Waals surface area contributed by atoms with Gasteiger partial charge in [0.2, 0.25) is 0 Å². The van der Waals surface area contributed by atoms with Crippen molar-refractivity contribution < 1.29 is 28.6 Å². The molecule has 0 aliphatic heterocycles. The van der Waals surface area contributed by atoms with Gasteiger partial charge in [0.15, 0.2) is 0 Å². The van der Waals surface area contributed by atoms with Crippen LogP contribution in [0.3, 0.4) is 0 Å². The van der Waals surface area contributed by atoms with Crippen LogP contribution in [0.1, 0.15) is 45.4 Å². The molecule has 0 rings (SSSR count). The molecule has 200 valence electrons. The lowest BCUT2D eigenvalue weighted by Crippen LogP contribution is -2.41. The fourth-order valence-electron chi connectivity index (χ4n) is 3.35. The second-order valence-electron chi connectivity index (χ2n) is 8.42. The van der Waals surface area contributed by atoms with Crippen LogP contribution in [0.4, 0.5) is 0 Å². The highest BCUT2D eigenvalue weighted by Crippen LogP contribution is 2.03. The van der Waals surface area contributed by atoms with Crippen LogP contribution >= 0.6 is 0 Å². The molecule has 10 nitrogen and oxygen atoms in total. The predicted octanol–water partition coefficient (Wildman–Crippen LogP) is 0.991. The molecule has 0 aliphatic carbocycles.